The van der Waals surface area contributed by atoms with Crippen LogP contribution in [0.1, 0.15) is 24.2 Å². The van der Waals surface area contributed by atoms with E-state index in [0.29, 0.717) is 10.0 Å². The topological polar surface area (TPSA) is 26.0 Å². The first kappa shape index (κ1) is 15.2. The zero-order valence-electron chi connectivity index (χ0n) is 10.5. The van der Waals surface area contributed by atoms with Crippen molar-refractivity contribution in [3.8, 4) is 0 Å². The molecular weight excluding hydrogens is 317 g/mol. The van der Waals surface area contributed by atoms with Crippen molar-refractivity contribution in [2.75, 3.05) is 0 Å². The van der Waals surface area contributed by atoms with E-state index in [4.69, 9.17) is 28.9 Å². The molecule has 102 valence electrons. The third-order valence-corrected chi connectivity index (χ3v) is 5.73. The number of rotatable bonds is 5. The van der Waals surface area contributed by atoms with E-state index in [1.165, 1.54) is 5.56 Å². The summed E-state index contributed by atoms with van der Waals surface area (Å²) in [5.41, 5.74) is 7.52. The Hall–Kier alpha value is -0.190. The molecule has 2 rings (SSSR count). The quantitative estimate of drug-likeness (QED) is 0.719. The molecule has 2 N–H and O–H groups in total. The summed E-state index contributed by atoms with van der Waals surface area (Å²) in [5, 5.41) is 5.65. The van der Waals surface area contributed by atoms with Crippen molar-refractivity contribution in [2.24, 2.45) is 5.73 Å². The van der Waals surface area contributed by atoms with Gasteiger partial charge in [-0.05, 0) is 47.0 Å². The van der Waals surface area contributed by atoms with Crippen molar-refractivity contribution in [1.82, 2.24) is 0 Å². The van der Waals surface area contributed by atoms with E-state index in [9.17, 15) is 0 Å². The third-order valence-electron chi connectivity index (χ3n) is 2.89. The lowest BCUT2D eigenvalue weighted by Gasteiger charge is -2.22. The number of thiophene rings is 1. The number of hydrogen-bond donors (Lipinski definition) is 1. The molecule has 2 atom stereocenters. The maximum Gasteiger partial charge on any atom is 0.0603 e. The molecule has 2 aromatic rings. The molecular formula is C14H15Cl2NS2. The van der Waals surface area contributed by atoms with Crippen molar-refractivity contribution in [2.45, 2.75) is 29.5 Å². The van der Waals surface area contributed by atoms with Crippen LogP contribution in [0.15, 0.2) is 39.9 Å². The lowest BCUT2D eigenvalue weighted by Crippen LogP contribution is -2.25. The molecule has 1 nitrogen and oxygen atoms in total. The maximum atomic E-state index is 6.25. The molecule has 0 bridgehead atoms. The number of hydrogen-bond acceptors (Lipinski definition) is 3. The van der Waals surface area contributed by atoms with E-state index in [1.54, 1.807) is 23.1 Å². The van der Waals surface area contributed by atoms with Crippen LogP contribution < -0.4 is 5.73 Å². The van der Waals surface area contributed by atoms with Crippen LogP contribution in [-0.4, -0.2) is 6.04 Å². The van der Waals surface area contributed by atoms with Crippen molar-refractivity contribution < 1.29 is 0 Å². The first-order chi connectivity index (χ1) is 9.11. The SMILES string of the molecule is CCC(N)C(Sc1ccc(Cl)c(Cl)c1)c1ccsc1. The molecule has 0 saturated carbocycles. The van der Waals surface area contributed by atoms with Gasteiger partial charge in [-0.25, -0.2) is 0 Å². The molecule has 1 heterocycles. The van der Waals surface area contributed by atoms with E-state index in [0.717, 1.165) is 11.3 Å². The van der Waals surface area contributed by atoms with Gasteiger partial charge in [0.1, 0.15) is 0 Å². The predicted octanol–water partition coefficient (Wildman–Crippen LogP) is 5.63. The molecule has 19 heavy (non-hydrogen) atoms. The Bertz CT molecular complexity index is 528. The van der Waals surface area contributed by atoms with E-state index in [-0.39, 0.29) is 11.3 Å². The van der Waals surface area contributed by atoms with Crippen molar-refractivity contribution in [3.05, 3.63) is 50.6 Å². The summed E-state index contributed by atoms with van der Waals surface area (Å²) in [4.78, 5) is 1.09. The normalized spacial score (nSPS) is 14.3. The van der Waals surface area contributed by atoms with Crippen molar-refractivity contribution >= 4 is 46.3 Å². The third kappa shape index (κ3) is 3.89. The summed E-state index contributed by atoms with van der Waals surface area (Å²) in [6, 6.07) is 7.97. The summed E-state index contributed by atoms with van der Waals surface area (Å²) >= 11 is 15.4. The average Bonchev–Trinajstić information content (AvgIpc) is 2.93. The molecule has 0 spiro atoms. The second-order valence-corrected chi connectivity index (χ2v) is 7.05. The van der Waals surface area contributed by atoms with Crippen LogP contribution in [-0.2, 0) is 0 Å². The molecule has 0 aliphatic rings. The van der Waals surface area contributed by atoms with E-state index < -0.39 is 0 Å². The number of nitrogens with two attached hydrogens (primary N) is 1. The highest BCUT2D eigenvalue weighted by Crippen LogP contribution is 2.40. The Morgan fingerprint density at radius 1 is 1.26 bits per heavy atom. The molecule has 1 aromatic carbocycles. The van der Waals surface area contributed by atoms with Gasteiger partial charge in [0, 0.05) is 10.9 Å². The second kappa shape index (κ2) is 7.00. The number of benzene rings is 1. The monoisotopic (exact) mass is 331 g/mol. The summed E-state index contributed by atoms with van der Waals surface area (Å²) < 4.78 is 0. The molecule has 0 aliphatic heterocycles. The van der Waals surface area contributed by atoms with Gasteiger partial charge in [0.15, 0.2) is 0 Å². The number of thioether (sulfide) groups is 1. The van der Waals surface area contributed by atoms with Crippen LogP contribution in [0.3, 0.4) is 0 Å². The first-order valence-electron chi connectivity index (χ1n) is 6.01. The minimum atomic E-state index is 0.119. The Morgan fingerprint density at radius 3 is 2.63 bits per heavy atom. The zero-order valence-corrected chi connectivity index (χ0v) is 13.6. The van der Waals surface area contributed by atoms with Crippen LogP contribution in [0.4, 0.5) is 0 Å². The predicted molar refractivity (Wildman–Crippen MR) is 87.6 cm³/mol. The molecule has 1 aromatic heterocycles. The lowest BCUT2D eigenvalue weighted by molar-refractivity contribution is 0.635. The molecule has 0 fully saturated rings. The average molecular weight is 332 g/mol. The van der Waals surface area contributed by atoms with Crippen LogP contribution in [0.25, 0.3) is 0 Å². The van der Waals surface area contributed by atoms with Gasteiger partial charge < -0.3 is 5.73 Å². The van der Waals surface area contributed by atoms with Gasteiger partial charge in [0.2, 0.25) is 0 Å². The van der Waals surface area contributed by atoms with Gasteiger partial charge in [-0.15, -0.1) is 11.8 Å². The highest BCUT2D eigenvalue weighted by Gasteiger charge is 2.20. The fourth-order valence-corrected chi connectivity index (χ4v) is 4.17. The van der Waals surface area contributed by atoms with Gasteiger partial charge in [-0.1, -0.05) is 30.1 Å². The minimum absolute atomic E-state index is 0.119. The van der Waals surface area contributed by atoms with Crippen LogP contribution >= 0.6 is 46.3 Å². The van der Waals surface area contributed by atoms with Gasteiger partial charge in [0.05, 0.1) is 15.3 Å². The van der Waals surface area contributed by atoms with Crippen molar-refractivity contribution in [3.63, 3.8) is 0 Å². The molecule has 0 amide bonds. The highest BCUT2D eigenvalue weighted by atomic mass is 35.5. The Balaban J connectivity index is 2.23. The minimum Gasteiger partial charge on any atom is -0.326 e. The molecule has 2 unspecified atom stereocenters. The first-order valence-corrected chi connectivity index (χ1v) is 8.59. The van der Waals surface area contributed by atoms with E-state index in [2.05, 4.69) is 23.8 Å². The fraction of sp³-hybridized carbons (Fsp3) is 0.286. The van der Waals surface area contributed by atoms with Gasteiger partial charge in [-0.3, -0.25) is 0 Å². The van der Waals surface area contributed by atoms with Crippen LogP contribution in [0, 0.1) is 0 Å². The largest absolute Gasteiger partial charge is 0.326 e. The van der Waals surface area contributed by atoms with Gasteiger partial charge in [-0.2, -0.15) is 11.3 Å². The maximum absolute atomic E-state index is 6.25. The van der Waals surface area contributed by atoms with Crippen molar-refractivity contribution in [1.29, 1.82) is 0 Å². The van der Waals surface area contributed by atoms with Crippen LogP contribution in [0.5, 0.6) is 0 Å². The molecule has 0 saturated heterocycles. The van der Waals surface area contributed by atoms with Gasteiger partial charge >= 0.3 is 0 Å². The standard InChI is InChI=1S/C14H15Cl2NS2/c1-2-13(17)14(9-5-6-18-8-9)19-10-3-4-11(15)12(16)7-10/h3-8,13-14H,2,17H2,1H3. The number of halogens is 2. The second-order valence-electron chi connectivity index (χ2n) is 4.24. The lowest BCUT2D eigenvalue weighted by atomic mass is 10.1. The van der Waals surface area contributed by atoms with Crippen LogP contribution in [0.2, 0.25) is 10.0 Å². The summed E-state index contributed by atoms with van der Waals surface area (Å²) in [7, 11) is 0. The molecule has 0 aliphatic carbocycles. The highest BCUT2D eigenvalue weighted by molar-refractivity contribution is 7.99. The summed E-state index contributed by atoms with van der Waals surface area (Å²) in [6.45, 7) is 2.11. The fourth-order valence-electron chi connectivity index (χ4n) is 1.75. The Labute approximate surface area is 132 Å². The zero-order chi connectivity index (χ0) is 13.8. The summed E-state index contributed by atoms with van der Waals surface area (Å²) in [5.74, 6) is 0. The molecule has 0 radical (unpaired) electrons. The van der Waals surface area contributed by atoms with E-state index in [1.807, 2.05) is 18.2 Å². The van der Waals surface area contributed by atoms with E-state index >= 15 is 0 Å². The van der Waals surface area contributed by atoms with Gasteiger partial charge in [0.25, 0.3) is 0 Å². The smallest absolute Gasteiger partial charge is 0.0603 e. The Morgan fingerprint density at radius 2 is 2.05 bits per heavy atom. The molecule has 5 heteroatoms. The summed E-state index contributed by atoms with van der Waals surface area (Å²) in [6.07, 6.45) is 0.939. The Kier molecular flexibility index (Phi) is 5.60.